The highest BCUT2D eigenvalue weighted by atomic mass is 19.1. The van der Waals surface area contributed by atoms with E-state index in [4.69, 9.17) is 0 Å². The van der Waals surface area contributed by atoms with E-state index in [0.717, 1.165) is 6.20 Å². The Bertz CT molecular complexity index is 378. The van der Waals surface area contributed by atoms with E-state index in [1.807, 2.05) is 13.8 Å². The molecule has 0 fully saturated rings. The minimum Gasteiger partial charge on any atom is -0.480 e. The molecule has 1 unspecified atom stereocenters. The standard InChI is InChI=1S/C11H15FN2O2/c1-7(2)14-11(3,10(15)16)9-5-4-8(12)6-13-9/h4-7,14H,1-3H3,(H,15,16). The molecule has 0 aliphatic heterocycles. The summed E-state index contributed by atoms with van der Waals surface area (Å²) in [6, 6.07) is 2.55. The fourth-order valence-corrected chi connectivity index (χ4v) is 1.49. The van der Waals surface area contributed by atoms with Crippen molar-refractivity contribution in [2.45, 2.75) is 32.4 Å². The van der Waals surface area contributed by atoms with Crippen LogP contribution in [-0.4, -0.2) is 22.1 Å². The number of aliphatic carboxylic acids is 1. The van der Waals surface area contributed by atoms with E-state index in [-0.39, 0.29) is 11.7 Å². The third-order valence-corrected chi connectivity index (χ3v) is 2.24. The zero-order chi connectivity index (χ0) is 12.3. The van der Waals surface area contributed by atoms with Crippen molar-refractivity contribution in [3.8, 4) is 0 Å². The van der Waals surface area contributed by atoms with Crippen molar-refractivity contribution in [1.29, 1.82) is 0 Å². The average Bonchev–Trinajstić information content (AvgIpc) is 2.17. The molecule has 16 heavy (non-hydrogen) atoms. The van der Waals surface area contributed by atoms with Crippen LogP contribution in [0, 0.1) is 5.82 Å². The summed E-state index contributed by atoms with van der Waals surface area (Å²) < 4.78 is 12.7. The molecule has 0 aliphatic rings. The van der Waals surface area contributed by atoms with Crippen molar-refractivity contribution in [2.75, 3.05) is 0 Å². The minimum absolute atomic E-state index is 0.0204. The molecule has 0 aromatic carbocycles. The highest BCUT2D eigenvalue weighted by molar-refractivity contribution is 5.79. The first kappa shape index (κ1) is 12.6. The molecule has 0 radical (unpaired) electrons. The molecule has 5 heteroatoms. The summed E-state index contributed by atoms with van der Waals surface area (Å²) >= 11 is 0. The lowest BCUT2D eigenvalue weighted by molar-refractivity contribution is -0.145. The van der Waals surface area contributed by atoms with Crippen LogP contribution in [0.5, 0.6) is 0 Å². The molecule has 1 aromatic heterocycles. The molecule has 1 aromatic rings. The molecular formula is C11H15FN2O2. The summed E-state index contributed by atoms with van der Waals surface area (Å²) in [6.45, 7) is 5.19. The van der Waals surface area contributed by atoms with Crippen molar-refractivity contribution in [3.05, 3.63) is 29.8 Å². The van der Waals surface area contributed by atoms with Gasteiger partial charge in [-0.2, -0.15) is 0 Å². The Kier molecular flexibility index (Phi) is 3.59. The summed E-state index contributed by atoms with van der Waals surface area (Å²) in [7, 11) is 0. The van der Waals surface area contributed by atoms with E-state index in [0.29, 0.717) is 0 Å². The van der Waals surface area contributed by atoms with Crippen molar-refractivity contribution < 1.29 is 14.3 Å². The Hall–Kier alpha value is -1.49. The van der Waals surface area contributed by atoms with E-state index >= 15 is 0 Å². The van der Waals surface area contributed by atoms with E-state index < -0.39 is 17.3 Å². The SMILES string of the molecule is CC(C)NC(C)(C(=O)O)c1ccc(F)cn1. The highest BCUT2D eigenvalue weighted by Crippen LogP contribution is 2.19. The molecule has 1 rings (SSSR count). The first-order valence-electron chi connectivity index (χ1n) is 4.99. The van der Waals surface area contributed by atoms with Gasteiger partial charge in [0, 0.05) is 6.04 Å². The number of aromatic nitrogens is 1. The third kappa shape index (κ3) is 2.55. The number of rotatable bonds is 4. The summed E-state index contributed by atoms with van der Waals surface area (Å²) in [6.07, 6.45) is 1.01. The Morgan fingerprint density at radius 1 is 1.56 bits per heavy atom. The fraction of sp³-hybridized carbons (Fsp3) is 0.455. The van der Waals surface area contributed by atoms with Crippen LogP contribution in [0.2, 0.25) is 0 Å². The maximum absolute atomic E-state index is 12.7. The van der Waals surface area contributed by atoms with Gasteiger partial charge in [0.25, 0.3) is 0 Å². The second-order valence-corrected chi connectivity index (χ2v) is 4.09. The van der Waals surface area contributed by atoms with E-state index in [1.165, 1.54) is 19.1 Å². The van der Waals surface area contributed by atoms with Gasteiger partial charge in [0.15, 0.2) is 5.54 Å². The van der Waals surface area contributed by atoms with Crippen molar-refractivity contribution >= 4 is 5.97 Å². The molecule has 2 N–H and O–H groups in total. The molecule has 4 nitrogen and oxygen atoms in total. The van der Waals surface area contributed by atoms with Gasteiger partial charge in [-0.15, -0.1) is 0 Å². The average molecular weight is 226 g/mol. The van der Waals surface area contributed by atoms with Gasteiger partial charge in [-0.25, -0.2) is 9.18 Å². The predicted molar refractivity (Wildman–Crippen MR) is 57.5 cm³/mol. The minimum atomic E-state index is -1.30. The number of nitrogens with one attached hydrogen (secondary N) is 1. The Morgan fingerprint density at radius 2 is 2.19 bits per heavy atom. The molecule has 88 valence electrons. The van der Waals surface area contributed by atoms with Crippen LogP contribution in [0.4, 0.5) is 4.39 Å². The number of carboxylic acids is 1. The predicted octanol–water partition coefficient (Wildman–Crippen LogP) is 1.52. The summed E-state index contributed by atoms with van der Waals surface area (Å²) in [5.41, 5.74) is -1.02. The Morgan fingerprint density at radius 3 is 2.56 bits per heavy atom. The van der Waals surface area contributed by atoms with Gasteiger partial charge in [0.05, 0.1) is 11.9 Å². The van der Waals surface area contributed by atoms with Gasteiger partial charge in [-0.05, 0) is 32.9 Å². The first-order valence-corrected chi connectivity index (χ1v) is 4.99. The van der Waals surface area contributed by atoms with Gasteiger partial charge in [-0.3, -0.25) is 10.3 Å². The quantitative estimate of drug-likeness (QED) is 0.817. The molecular weight excluding hydrogens is 211 g/mol. The van der Waals surface area contributed by atoms with E-state index in [2.05, 4.69) is 10.3 Å². The number of nitrogens with zero attached hydrogens (tertiary/aromatic N) is 1. The van der Waals surface area contributed by atoms with Crippen LogP contribution in [0.25, 0.3) is 0 Å². The van der Waals surface area contributed by atoms with Crippen molar-refractivity contribution in [3.63, 3.8) is 0 Å². The van der Waals surface area contributed by atoms with Crippen molar-refractivity contribution in [1.82, 2.24) is 10.3 Å². The van der Waals surface area contributed by atoms with Crippen LogP contribution in [0.3, 0.4) is 0 Å². The number of carbonyl (C=O) groups is 1. The molecule has 0 spiro atoms. The largest absolute Gasteiger partial charge is 0.480 e. The second-order valence-electron chi connectivity index (χ2n) is 4.09. The normalized spacial score (nSPS) is 14.8. The lowest BCUT2D eigenvalue weighted by atomic mass is 9.96. The molecule has 0 saturated heterocycles. The maximum atomic E-state index is 12.7. The van der Waals surface area contributed by atoms with Crippen LogP contribution >= 0.6 is 0 Å². The molecule has 0 amide bonds. The lowest BCUT2D eigenvalue weighted by Crippen LogP contribution is -2.50. The van der Waals surface area contributed by atoms with Gasteiger partial charge >= 0.3 is 5.97 Å². The van der Waals surface area contributed by atoms with Crippen LogP contribution < -0.4 is 5.32 Å². The van der Waals surface area contributed by atoms with Crippen molar-refractivity contribution in [2.24, 2.45) is 0 Å². The van der Waals surface area contributed by atoms with Gasteiger partial charge < -0.3 is 5.11 Å². The van der Waals surface area contributed by atoms with Gasteiger partial charge in [-0.1, -0.05) is 0 Å². The number of hydrogen-bond donors (Lipinski definition) is 2. The number of pyridine rings is 1. The van der Waals surface area contributed by atoms with E-state index in [9.17, 15) is 14.3 Å². The summed E-state index contributed by atoms with van der Waals surface area (Å²) in [5, 5.41) is 12.1. The number of carboxylic acid groups (broad SMARTS) is 1. The van der Waals surface area contributed by atoms with Crippen LogP contribution in [0.1, 0.15) is 26.5 Å². The second kappa shape index (κ2) is 4.57. The molecule has 0 saturated carbocycles. The zero-order valence-electron chi connectivity index (χ0n) is 9.49. The zero-order valence-corrected chi connectivity index (χ0v) is 9.49. The molecule has 0 bridgehead atoms. The molecule has 0 aliphatic carbocycles. The number of halogens is 1. The molecule has 1 heterocycles. The Labute approximate surface area is 93.5 Å². The lowest BCUT2D eigenvalue weighted by Gasteiger charge is -2.27. The monoisotopic (exact) mass is 226 g/mol. The first-order chi connectivity index (χ1) is 7.36. The van der Waals surface area contributed by atoms with Crippen LogP contribution in [0.15, 0.2) is 18.3 Å². The number of hydrogen-bond acceptors (Lipinski definition) is 3. The van der Waals surface area contributed by atoms with Gasteiger partial charge in [0.1, 0.15) is 5.82 Å². The topological polar surface area (TPSA) is 62.2 Å². The molecule has 1 atom stereocenters. The van der Waals surface area contributed by atoms with Gasteiger partial charge in [0.2, 0.25) is 0 Å². The fourth-order valence-electron chi connectivity index (χ4n) is 1.49. The maximum Gasteiger partial charge on any atom is 0.329 e. The van der Waals surface area contributed by atoms with Crippen LogP contribution in [-0.2, 0) is 10.3 Å². The van der Waals surface area contributed by atoms with E-state index in [1.54, 1.807) is 0 Å². The summed E-state index contributed by atoms with van der Waals surface area (Å²) in [5.74, 6) is -1.53. The smallest absolute Gasteiger partial charge is 0.329 e. The highest BCUT2D eigenvalue weighted by Gasteiger charge is 2.36. The third-order valence-electron chi connectivity index (χ3n) is 2.24. The summed E-state index contributed by atoms with van der Waals surface area (Å²) in [4.78, 5) is 15.1. The Balaban J connectivity index is 3.11.